The number of imide groups is 1. The average molecular weight is 269 g/mol. The summed E-state index contributed by atoms with van der Waals surface area (Å²) in [5.41, 5.74) is 0. The Balaban J connectivity index is 2.40. The molecular weight excluding hydrogens is 246 g/mol. The van der Waals surface area contributed by atoms with E-state index in [1.165, 1.54) is 0 Å². The number of amides is 2. The maximum Gasteiger partial charge on any atom is 0.336 e. The van der Waals surface area contributed by atoms with Crippen molar-refractivity contribution in [1.82, 2.24) is 5.06 Å². The summed E-state index contributed by atoms with van der Waals surface area (Å²) >= 11 is 0. The smallest absolute Gasteiger partial charge is 0.330 e. The van der Waals surface area contributed by atoms with E-state index in [1.807, 2.05) is 6.92 Å². The Morgan fingerprint density at radius 1 is 1.16 bits per heavy atom. The lowest BCUT2D eigenvalue weighted by Gasteiger charge is -2.17. The predicted molar refractivity (Wildman–Crippen MR) is 69.7 cm³/mol. The summed E-state index contributed by atoms with van der Waals surface area (Å²) in [7, 11) is 0. The fourth-order valence-corrected chi connectivity index (χ4v) is 2.13. The van der Waals surface area contributed by atoms with E-state index in [0.29, 0.717) is 11.5 Å². The maximum absolute atomic E-state index is 11.9. The van der Waals surface area contributed by atoms with Crippen LogP contribution in [0.4, 0.5) is 0 Å². The van der Waals surface area contributed by atoms with Crippen molar-refractivity contribution in [1.29, 1.82) is 0 Å². The summed E-state index contributed by atoms with van der Waals surface area (Å²) in [5, 5.41) is 0.636. The SMILES string of the molecule is CCCCCCC(CC)C(=O)ON1C(=O)CCC1=O. The first-order valence-electron chi connectivity index (χ1n) is 7.17. The number of hydrogen-bond acceptors (Lipinski definition) is 4. The van der Waals surface area contributed by atoms with Crippen molar-refractivity contribution in [2.24, 2.45) is 5.92 Å². The molecule has 1 saturated heterocycles. The molecule has 1 heterocycles. The van der Waals surface area contributed by atoms with E-state index >= 15 is 0 Å². The van der Waals surface area contributed by atoms with Crippen LogP contribution in [-0.4, -0.2) is 22.8 Å². The molecule has 19 heavy (non-hydrogen) atoms. The molecule has 0 radical (unpaired) electrons. The summed E-state index contributed by atoms with van der Waals surface area (Å²) in [5.74, 6) is -1.51. The standard InChI is InChI=1S/C14H23NO4/c1-3-5-6-7-8-11(4-2)14(18)19-15-12(16)9-10-13(15)17/h11H,3-10H2,1-2H3. The van der Waals surface area contributed by atoms with Gasteiger partial charge < -0.3 is 4.84 Å². The van der Waals surface area contributed by atoms with Gasteiger partial charge in [-0.25, -0.2) is 4.79 Å². The number of hydroxylamine groups is 2. The van der Waals surface area contributed by atoms with Gasteiger partial charge in [0.25, 0.3) is 11.8 Å². The van der Waals surface area contributed by atoms with Crippen LogP contribution >= 0.6 is 0 Å². The fourth-order valence-electron chi connectivity index (χ4n) is 2.13. The number of hydrogen-bond donors (Lipinski definition) is 0. The van der Waals surface area contributed by atoms with Gasteiger partial charge in [0.1, 0.15) is 0 Å². The fraction of sp³-hybridized carbons (Fsp3) is 0.786. The second-order valence-corrected chi connectivity index (χ2v) is 4.95. The minimum absolute atomic E-state index is 0.138. The zero-order valence-corrected chi connectivity index (χ0v) is 11.8. The van der Waals surface area contributed by atoms with Gasteiger partial charge in [-0.2, -0.15) is 0 Å². The highest BCUT2D eigenvalue weighted by atomic mass is 16.7. The van der Waals surface area contributed by atoms with Gasteiger partial charge in [0, 0.05) is 12.8 Å². The molecule has 2 amide bonds. The Morgan fingerprint density at radius 2 is 1.79 bits per heavy atom. The van der Waals surface area contributed by atoms with Crippen molar-refractivity contribution in [3.63, 3.8) is 0 Å². The van der Waals surface area contributed by atoms with E-state index < -0.39 is 17.8 Å². The van der Waals surface area contributed by atoms with Crippen LogP contribution < -0.4 is 0 Å². The molecular formula is C14H23NO4. The molecule has 0 N–H and O–H groups in total. The second kappa shape index (κ2) is 7.92. The molecule has 0 aromatic rings. The zero-order chi connectivity index (χ0) is 14.3. The first-order chi connectivity index (χ1) is 9.10. The van der Waals surface area contributed by atoms with Gasteiger partial charge in [-0.15, -0.1) is 5.06 Å². The molecule has 1 fully saturated rings. The molecule has 5 heteroatoms. The molecule has 0 aromatic heterocycles. The number of unbranched alkanes of at least 4 members (excludes halogenated alkanes) is 3. The third kappa shape index (κ3) is 4.65. The van der Waals surface area contributed by atoms with E-state index in [4.69, 9.17) is 4.84 Å². The molecule has 5 nitrogen and oxygen atoms in total. The minimum Gasteiger partial charge on any atom is -0.330 e. The third-order valence-electron chi connectivity index (χ3n) is 3.42. The summed E-state index contributed by atoms with van der Waals surface area (Å²) in [6.07, 6.45) is 6.09. The van der Waals surface area contributed by atoms with Crippen molar-refractivity contribution >= 4 is 17.8 Å². The predicted octanol–water partition coefficient (Wildman–Crippen LogP) is 2.59. The van der Waals surface area contributed by atoms with Gasteiger partial charge in [-0.3, -0.25) is 9.59 Å². The van der Waals surface area contributed by atoms with E-state index in [9.17, 15) is 14.4 Å². The topological polar surface area (TPSA) is 63.7 Å². The molecule has 1 unspecified atom stereocenters. The summed E-state index contributed by atoms with van der Waals surface area (Å²) < 4.78 is 0. The van der Waals surface area contributed by atoms with Gasteiger partial charge in [0.2, 0.25) is 0 Å². The molecule has 0 spiro atoms. The van der Waals surface area contributed by atoms with Crippen LogP contribution in [0.1, 0.15) is 65.2 Å². The van der Waals surface area contributed by atoms with Crippen molar-refractivity contribution in [3.8, 4) is 0 Å². The van der Waals surface area contributed by atoms with E-state index in [2.05, 4.69) is 6.92 Å². The number of rotatable bonds is 8. The number of nitrogens with zero attached hydrogens (tertiary/aromatic N) is 1. The van der Waals surface area contributed by atoms with Crippen LogP contribution in [0.5, 0.6) is 0 Å². The van der Waals surface area contributed by atoms with Crippen LogP contribution in [0.3, 0.4) is 0 Å². The minimum atomic E-state index is -0.456. The normalized spacial score (nSPS) is 16.8. The zero-order valence-electron chi connectivity index (χ0n) is 11.8. The Labute approximate surface area is 114 Å². The lowest BCUT2D eigenvalue weighted by molar-refractivity contribution is -0.200. The van der Waals surface area contributed by atoms with Crippen molar-refractivity contribution in [2.45, 2.75) is 65.2 Å². The second-order valence-electron chi connectivity index (χ2n) is 4.95. The Kier molecular flexibility index (Phi) is 6.53. The molecule has 1 aliphatic rings. The number of carbonyl (C=O) groups excluding carboxylic acids is 3. The van der Waals surface area contributed by atoms with Gasteiger partial charge >= 0.3 is 5.97 Å². The average Bonchev–Trinajstić information content (AvgIpc) is 2.70. The summed E-state index contributed by atoms with van der Waals surface area (Å²) in [4.78, 5) is 39.6. The molecule has 1 atom stereocenters. The van der Waals surface area contributed by atoms with E-state index in [0.717, 1.165) is 32.1 Å². The van der Waals surface area contributed by atoms with Gasteiger partial charge in [-0.1, -0.05) is 39.5 Å². The molecule has 0 aromatic carbocycles. The Bertz CT molecular complexity index is 324. The maximum atomic E-state index is 11.9. The molecule has 0 saturated carbocycles. The van der Waals surface area contributed by atoms with Gasteiger partial charge in [0.05, 0.1) is 5.92 Å². The molecule has 0 aliphatic carbocycles. The Hall–Kier alpha value is -1.39. The first kappa shape index (κ1) is 15.7. The van der Waals surface area contributed by atoms with Crippen LogP contribution in [0.15, 0.2) is 0 Å². The highest BCUT2D eigenvalue weighted by Gasteiger charge is 2.34. The van der Waals surface area contributed by atoms with Gasteiger partial charge in [0.15, 0.2) is 0 Å². The first-order valence-corrected chi connectivity index (χ1v) is 7.17. The monoisotopic (exact) mass is 269 g/mol. The molecule has 0 bridgehead atoms. The lowest BCUT2D eigenvalue weighted by atomic mass is 9.98. The van der Waals surface area contributed by atoms with Crippen molar-refractivity contribution in [2.75, 3.05) is 0 Å². The van der Waals surface area contributed by atoms with E-state index in [1.54, 1.807) is 0 Å². The van der Waals surface area contributed by atoms with E-state index in [-0.39, 0.29) is 18.8 Å². The van der Waals surface area contributed by atoms with Crippen LogP contribution in [0, 0.1) is 5.92 Å². The molecule has 108 valence electrons. The largest absolute Gasteiger partial charge is 0.336 e. The summed E-state index contributed by atoms with van der Waals surface area (Å²) in [6, 6.07) is 0. The van der Waals surface area contributed by atoms with Crippen molar-refractivity contribution < 1.29 is 19.2 Å². The molecule has 1 rings (SSSR count). The third-order valence-corrected chi connectivity index (χ3v) is 3.42. The van der Waals surface area contributed by atoms with Crippen LogP contribution in [0.25, 0.3) is 0 Å². The lowest BCUT2D eigenvalue weighted by Crippen LogP contribution is -2.34. The quantitative estimate of drug-likeness (QED) is 0.502. The van der Waals surface area contributed by atoms with Crippen LogP contribution in [-0.2, 0) is 19.2 Å². The summed E-state index contributed by atoms with van der Waals surface area (Å²) in [6.45, 7) is 4.05. The number of carbonyl (C=O) groups is 3. The van der Waals surface area contributed by atoms with Gasteiger partial charge in [-0.05, 0) is 12.8 Å². The Morgan fingerprint density at radius 3 is 2.32 bits per heavy atom. The van der Waals surface area contributed by atoms with Crippen LogP contribution in [0.2, 0.25) is 0 Å². The highest BCUT2D eigenvalue weighted by Crippen LogP contribution is 2.19. The van der Waals surface area contributed by atoms with Crippen molar-refractivity contribution in [3.05, 3.63) is 0 Å². The molecule has 1 aliphatic heterocycles. The highest BCUT2D eigenvalue weighted by molar-refractivity contribution is 6.01.